The van der Waals surface area contributed by atoms with Crippen molar-refractivity contribution >= 4 is 9.84 Å². The van der Waals surface area contributed by atoms with E-state index >= 15 is 0 Å². The largest absolute Gasteiger partial charge is 0.382 e. The lowest BCUT2D eigenvalue weighted by Crippen LogP contribution is -2.33. The molecule has 1 saturated heterocycles. The van der Waals surface area contributed by atoms with Gasteiger partial charge < -0.3 is 23.5 Å². The van der Waals surface area contributed by atoms with Crippen LogP contribution in [-0.4, -0.2) is 78.0 Å². The molecule has 0 unspecified atom stereocenters. The monoisotopic (exact) mass is 525 g/mol. The summed E-state index contributed by atoms with van der Waals surface area (Å²) in [6.07, 6.45) is 3.76. The molecule has 0 aromatic carbocycles. The van der Waals surface area contributed by atoms with Crippen LogP contribution in [0.5, 0.6) is 0 Å². The lowest BCUT2D eigenvalue weighted by molar-refractivity contribution is 0.00139. The van der Waals surface area contributed by atoms with Gasteiger partial charge in [0.15, 0.2) is 21.5 Å². The van der Waals surface area contributed by atoms with Gasteiger partial charge in [0.25, 0.3) is 0 Å². The summed E-state index contributed by atoms with van der Waals surface area (Å²) < 4.78 is 52.2. The summed E-state index contributed by atoms with van der Waals surface area (Å²) in [5.41, 5.74) is 0.879. The van der Waals surface area contributed by atoms with E-state index in [9.17, 15) is 8.42 Å². The van der Waals surface area contributed by atoms with Crippen LogP contribution in [0.1, 0.15) is 81.8 Å². The minimum absolute atomic E-state index is 0.0964. The van der Waals surface area contributed by atoms with E-state index in [4.69, 9.17) is 18.9 Å². The van der Waals surface area contributed by atoms with Crippen molar-refractivity contribution in [2.75, 3.05) is 27.4 Å². The second kappa shape index (κ2) is 12.5. The number of methoxy groups -OCH3 is 2. The molecule has 1 fully saturated rings. The minimum atomic E-state index is -3.77. The van der Waals surface area contributed by atoms with E-state index in [1.807, 2.05) is 32.3 Å². The van der Waals surface area contributed by atoms with E-state index in [1.54, 1.807) is 33.5 Å². The van der Waals surface area contributed by atoms with Crippen molar-refractivity contribution in [3.63, 3.8) is 0 Å². The Hall–Kier alpha value is -1.99. The average Bonchev–Trinajstić information content (AvgIpc) is 3.43. The zero-order valence-electron chi connectivity index (χ0n) is 22.2. The standard InChI is InChI=1S/C24H39N5O6S/c1-15(2)34-22(23-25-10-16(3)11-26-23)18(5)36(30,31)14-21-27-28-24(20-9-8-17(4)35-20)29(21)19(12-32-6)13-33-7/h10-11,15,17-20,22H,8-9,12-14H2,1-7H3/t17-,18-,20-,22+/m0/s1. The fraction of sp³-hybridized carbons (Fsp3) is 0.750. The van der Waals surface area contributed by atoms with Gasteiger partial charge in [0.1, 0.15) is 23.8 Å². The Morgan fingerprint density at radius 3 is 2.25 bits per heavy atom. The number of hydrogen-bond donors (Lipinski definition) is 0. The van der Waals surface area contributed by atoms with Gasteiger partial charge in [-0.25, -0.2) is 18.4 Å². The van der Waals surface area contributed by atoms with Crippen molar-refractivity contribution in [3.8, 4) is 0 Å². The van der Waals surface area contributed by atoms with Crippen LogP contribution < -0.4 is 0 Å². The minimum Gasteiger partial charge on any atom is -0.382 e. The van der Waals surface area contributed by atoms with Crippen LogP contribution in [0.2, 0.25) is 0 Å². The van der Waals surface area contributed by atoms with Gasteiger partial charge in [0.05, 0.1) is 36.7 Å². The van der Waals surface area contributed by atoms with Gasteiger partial charge in [0.2, 0.25) is 0 Å². The molecule has 2 aromatic heterocycles. The molecule has 12 heteroatoms. The highest BCUT2D eigenvalue weighted by Gasteiger charge is 2.37. The molecule has 0 aliphatic carbocycles. The molecular formula is C24H39N5O6S. The molecule has 3 rings (SSSR count). The number of ether oxygens (including phenoxy) is 4. The number of aromatic nitrogens is 5. The maximum absolute atomic E-state index is 13.7. The van der Waals surface area contributed by atoms with E-state index in [1.165, 1.54) is 0 Å². The zero-order valence-corrected chi connectivity index (χ0v) is 23.1. The summed E-state index contributed by atoms with van der Waals surface area (Å²) in [4.78, 5) is 8.70. The Morgan fingerprint density at radius 1 is 1.08 bits per heavy atom. The molecule has 11 nitrogen and oxygen atoms in total. The highest BCUT2D eigenvalue weighted by Crippen LogP contribution is 2.34. The topological polar surface area (TPSA) is 128 Å². The predicted octanol–water partition coefficient (Wildman–Crippen LogP) is 2.92. The second-order valence-electron chi connectivity index (χ2n) is 9.66. The molecule has 0 amide bonds. The fourth-order valence-corrected chi connectivity index (χ4v) is 5.73. The molecule has 0 spiro atoms. The van der Waals surface area contributed by atoms with Crippen molar-refractivity contribution in [2.45, 2.75) is 88.9 Å². The average molecular weight is 526 g/mol. The van der Waals surface area contributed by atoms with Crippen molar-refractivity contribution in [2.24, 2.45) is 0 Å². The Morgan fingerprint density at radius 2 is 1.72 bits per heavy atom. The molecule has 3 heterocycles. The summed E-state index contributed by atoms with van der Waals surface area (Å²) in [6.45, 7) is 9.82. The molecule has 0 bridgehead atoms. The van der Waals surface area contributed by atoms with E-state index < -0.39 is 21.2 Å². The van der Waals surface area contributed by atoms with Crippen molar-refractivity contribution < 1.29 is 27.4 Å². The number of rotatable bonds is 13. The smallest absolute Gasteiger partial charge is 0.163 e. The highest BCUT2D eigenvalue weighted by atomic mass is 32.2. The molecule has 0 radical (unpaired) electrons. The number of nitrogens with zero attached hydrogens (tertiary/aromatic N) is 5. The number of aryl methyl sites for hydroxylation is 1. The molecule has 202 valence electrons. The van der Waals surface area contributed by atoms with Crippen LogP contribution in [0.4, 0.5) is 0 Å². The van der Waals surface area contributed by atoms with Crippen LogP contribution >= 0.6 is 0 Å². The number of sulfone groups is 1. The summed E-state index contributed by atoms with van der Waals surface area (Å²) in [7, 11) is -0.590. The van der Waals surface area contributed by atoms with Gasteiger partial charge in [-0.1, -0.05) is 0 Å². The van der Waals surface area contributed by atoms with Gasteiger partial charge in [-0.15, -0.1) is 10.2 Å². The van der Waals surface area contributed by atoms with E-state index in [2.05, 4.69) is 20.2 Å². The van der Waals surface area contributed by atoms with Crippen LogP contribution in [0.3, 0.4) is 0 Å². The molecule has 1 aliphatic rings. The first kappa shape index (κ1) is 28.6. The third-order valence-corrected chi connectivity index (χ3v) is 8.23. The van der Waals surface area contributed by atoms with Crippen molar-refractivity contribution in [1.82, 2.24) is 24.7 Å². The Balaban J connectivity index is 1.97. The quantitative estimate of drug-likeness (QED) is 0.385. The maximum atomic E-state index is 13.7. The lowest BCUT2D eigenvalue weighted by atomic mass is 10.2. The molecule has 2 aromatic rings. The molecule has 4 atom stereocenters. The Bertz CT molecular complexity index is 1070. The fourth-order valence-electron chi connectivity index (χ4n) is 4.35. The highest BCUT2D eigenvalue weighted by molar-refractivity contribution is 7.91. The molecule has 36 heavy (non-hydrogen) atoms. The lowest BCUT2D eigenvalue weighted by Gasteiger charge is -2.26. The Kier molecular flexibility index (Phi) is 9.93. The van der Waals surface area contributed by atoms with Crippen LogP contribution in [-0.2, 0) is 34.5 Å². The molecule has 1 aliphatic heterocycles. The van der Waals surface area contributed by atoms with Crippen molar-refractivity contribution in [1.29, 1.82) is 0 Å². The maximum Gasteiger partial charge on any atom is 0.163 e. The van der Waals surface area contributed by atoms with Crippen LogP contribution in [0, 0.1) is 6.92 Å². The van der Waals surface area contributed by atoms with Gasteiger partial charge in [0, 0.05) is 26.6 Å². The normalized spacial score (nSPS) is 20.4. The van der Waals surface area contributed by atoms with E-state index in [-0.39, 0.29) is 30.1 Å². The van der Waals surface area contributed by atoms with E-state index in [0.29, 0.717) is 30.7 Å². The van der Waals surface area contributed by atoms with Crippen LogP contribution in [0.15, 0.2) is 12.4 Å². The number of hydrogen-bond acceptors (Lipinski definition) is 10. The molecule has 0 N–H and O–H groups in total. The summed E-state index contributed by atoms with van der Waals surface area (Å²) in [6, 6.07) is -0.312. The summed E-state index contributed by atoms with van der Waals surface area (Å²) in [5.74, 6) is 0.898. The summed E-state index contributed by atoms with van der Waals surface area (Å²) in [5, 5.41) is 7.76. The van der Waals surface area contributed by atoms with Crippen molar-refractivity contribution in [3.05, 3.63) is 35.4 Å². The molecular weight excluding hydrogens is 486 g/mol. The SMILES string of the molecule is COCC(COC)n1c(CS(=O)(=O)[C@@H](C)[C@@H](OC(C)C)c2ncc(C)cn2)nnc1[C@@H]1CC[C@H](C)O1. The zero-order chi connectivity index (χ0) is 26.5. The predicted molar refractivity (Wildman–Crippen MR) is 133 cm³/mol. The van der Waals surface area contributed by atoms with Crippen LogP contribution in [0.25, 0.3) is 0 Å². The van der Waals surface area contributed by atoms with Gasteiger partial charge in [-0.2, -0.15) is 0 Å². The molecule has 0 saturated carbocycles. The third-order valence-electron chi connectivity index (χ3n) is 6.19. The third kappa shape index (κ3) is 6.86. The second-order valence-corrected chi connectivity index (χ2v) is 12.0. The first-order chi connectivity index (χ1) is 17.1. The van der Waals surface area contributed by atoms with Gasteiger partial charge in [-0.05, 0) is 53.0 Å². The van der Waals surface area contributed by atoms with Gasteiger partial charge >= 0.3 is 0 Å². The first-order valence-electron chi connectivity index (χ1n) is 12.3. The van der Waals surface area contributed by atoms with Gasteiger partial charge in [-0.3, -0.25) is 0 Å². The first-order valence-corrected chi connectivity index (χ1v) is 14.0. The Labute approximate surface area is 213 Å². The van der Waals surface area contributed by atoms with E-state index in [0.717, 1.165) is 18.4 Å². The summed E-state index contributed by atoms with van der Waals surface area (Å²) >= 11 is 0.